The van der Waals surface area contributed by atoms with Gasteiger partial charge in [0.25, 0.3) is 0 Å². The Morgan fingerprint density at radius 3 is 2.06 bits per heavy atom. The zero-order valence-electron chi connectivity index (χ0n) is 21.0. The number of nitrogens with one attached hydrogen (secondary N) is 2. The van der Waals surface area contributed by atoms with Gasteiger partial charge in [-0.15, -0.1) is 0 Å². The smallest absolute Gasteiger partial charge is 0.407 e. The highest BCUT2D eigenvalue weighted by Gasteiger charge is 2.29. The molecule has 1 unspecified atom stereocenters. The fourth-order valence-corrected chi connectivity index (χ4v) is 4.42. The van der Waals surface area contributed by atoms with Crippen LogP contribution < -0.4 is 10.6 Å². The molecule has 2 atom stereocenters. The summed E-state index contributed by atoms with van der Waals surface area (Å²) in [6, 6.07) is 14.8. The summed E-state index contributed by atoms with van der Waals surface area (Å²) >= 11 is 0. The molecule has 35 heavy (non-hydrogen) atoms. The zero-order chi connectivity index (χ0) is 25.6. The number of carboxylic acids is 1. The van der Waals surface area contributed by atoms with Crippen LogP contribution in [0.4, 0.5) is 4.79 Å². The Morgan fingerprint density at radius 1 is 0.971 bits per heavy atom. The van der Waals surface area contributed by atoms with Gasteiger partial charge >= 0.3 is 12.1 Å². The molecular weight excluding hydrogens is 444 g/mol. The van der Waals surface area contributed by atoms with E-state index >= 15 is 0 Å². The van der Waals surface area contributed by atoms with Crippen molar-refractivity contribution in [3.8, 4) is 11.1 Å². The SMILES string of the molecule is CC[C@H](CC(=O)NC(CCC(C)(C)C)C(=O)O)NC(=O)OCC1c2ccccc2-c2ccccc21. The van der Waals surface area contributed by atoms with E-state index in [0.717, 1.165) is 22.3 Å². The van der Waals surface area contributed by atoms with Gasteiger partial charge in [-0.3, -0.25) is 4.79 Å². The topological polar surface area (TPSA) is 105 Å². The second-order valence-corrected chi connectivity index (χ2v) is 10.3. The van der Waals surface area contributed by atoms with Gasteiger partial charge in [0, 0.05) is 18.4 Å². The first-order chi connectivity index (χ1) is 16.6. The number of hydrogen-bond donors (Lipinski definition) is 3. The lowest BCUT2D eigenvalue weighted by atomic mass is 9.88. The number of rotatable bonds is 10. The van der Waals surface area contributed by atoms with E-state index in [2.05, 4.69) is 34.9 Å². The number of benzene rings is 2. The molecule has 2 aromatic carbocycles. The summed E-state index contributed by atoms with van der Waals surface area (Å²) in [6.07, 6.45) is 0.923. The van der Waals surface area contributed by atoms with Crippen LogP contribution in [0.15, 0.2) is 48.5 Å². The fourth-order valence-electron chi connectivity index (χ4n) is 4.42. The summed E-state index contributed by atoms with van der Waals surface area (Å²) in [7, 11) is 0. The predicted octanol–water partition coefficient (Wildman–Crippen LogP) is 5.09. The average molecular weight is 481 g/mol. The molecule has 0 saturated carbocycles. The molecule has 1 aliphatic rings. The van der Waals surface area contributed by atoms with E-state index in [9.17, 15) is 19.5 Å². The Morgan fingerprint density at radius 2 is 1.54 bits per heavy atom. The second-order valence-electron chi connectivity index (χ2n) is 10.3. The van der Waals surface area contributed by atoms with Crippen LogP contribution in [0.3, 0.4) is 0 Å². The molecule has 2 aromatic rings. The summed E-state index contributed by atoms with van der Waals surface area (Å²) in [6.45, 7) is 8.13. The van der Waals surface area contributed by atoms with Crippen LogP contribution in [0.25, 0.3) is 11.1 Å². The lowest BCUT2D eigenvalue weighted by molar-refractivity contribution is -0.142. The molecule has 0 aromatic heterocycles. The molecule has 0 saturated heterocycles. The van der Waals surface area contributed by atoms with Crippen molar-refractivity contribution in [2.24, 2.45) is 5.41 Å². The van der Waals surface area contributed by atoms with Gasteiger partial charge in [0.15, 0.2) is 0 Å². The molecule has 2 amide bonds. The monoisotopic (exact) mass is 480 g/mol. The van der Waals surface area contributed by atoms with Gasteiger partial charge in [-0.05, 0) is 46.9 Å². The van der Waals surface area contributed by atoms with E-state index in [1.807, 2.05) is 52.0 Å². The zero-order valence-corrected chi connectivity index (χ0v) is 21.0. The van der Waals surface area contributed by atoms with Gasteiger partial charge in [-0.25, -0.2) is 9.59 Å². The van der Waals surface area contributed by atoms with E-state index < -0.39 is 30.1 Å². The molecule has 7 nitrogen and oxygen atoms in total. The first-order valence-corrected chi connectivity index (χ1v) is 12.2. The maximum Gasteiger partial charge on any atom is 0.407 e. The van der Waals surface area contributed by atoms with Crippen LogP contribution in [0.5, 0.6) is 0 Å². The van der Waals surface area contributed by atoms with Crippen molar-refractivity contribution in [3.05, 3.63) is 59.7 Å². The molecule has 3 N–H and O–H groups in total. The first kappa shape index (κ1) is 26.3. The minimum absolute atomic E-state index is 0.0139. The van der Waals surface area contributed by atoms with Gasteiger partial charge < -0.3 is 20.5 Å². The minimum atomic E-state index is -1.06. The van der Waals surface area contributed by atoms with Gasteiger partial charge in [-0.2, -0.15) is 0 Å². The Kier molecular flexibility index (Phi) is 8.54. The van der Waals surface area contributed by atoms with E-state index in [-0.39, 0.29) is 24.4 Å². The van der Waals surface area contributed by atoms with Crippen LogP contribution in [0, 0.1) is 5.41 Å². The molecule has 0 aliphatic heterocycles. The number of amides is 2. The van der Waals surface area contributed by atoms with Crippen molar-refractivity contribution in [1.82, 2.24) is 10.6 Å². The number of carboxylic acid groups (broad SMARTS) is 1. The van der Waals surface area contributed by atoms with Crippen molar-refractivity contribution < 1.29 is 24.2 Å². The number of fused-ring (bicyclic) bond motifs is 3. The van der Waals surface area contributed by atoms with Crippen LogP contribution in [0.2, 0.25) is 0 Å². The maximum atomic E-state index is 12.6. The van der Waals surface area contributed by atoms with E-state index in [1.54, 1.807) is 0 Å². The van der Waals surface area contributed by atoms with Crippen LogP contribution >= 0.6 is 0 Å². The van der Waals surface area contributed by atoms with Crippen molar-refractivity contribution in [2.75, 3.05) is 6.61 Å². The normalized spacial score (nSPS) is 14.4. The highest BCUT2D eigenvalue weighted by atomic mass is 16.5. The maximum absolute atomic E-state index is 12.6. The van der Waals surface area contributed by atoms with Crippen molar-refractivity contribution in [3.63, 3.8) is 0 Å². The molecule has 0 radical (unpaired) electrons. The third-order valence-electron chi connectivity index (χ3n) is 6.41. The summed E-state index contributed by atoms with van der Waals surface area (Å²) in [4.78, 5) is 36.6. The molecule has 0 heterocycles. The molecule has 3 rings (SSSR count). The molecule has 188 valence electrons. The van der Waals surface area contributed by atoms with Crippen molar-refractivity contribution in [2.45, 2.75) is 71.4 Å². The van der Waals surface area contributed by atoms with Gasteiger partial charge in [0.2, 0.25) is 5.91 Å². The largest absolute Gasteiger partial charge is 0.480 e. The molecular formula is C28H36N2O5. The molecule has 1 aliphatic carbocycles. The van der Waals surface area contributed by atoms with Crippen molar-refractivity contribution in [1.29, 1.82) is 0 Å². The summed E-state index contributed by atoms with van der Waals surface area (Å²) in [5.41, 5.74) is 4.53. The van der Waals surface area contributed by atoms with E-state index in [1.165, 1.54) is 0 Å². The predicted molar refractivity (Wildman–Crippen MR) is 135 cm³/mol. The molecule has 0 spiro atoms. The molecule has 0 bridgehead atoms. The van der Waals surface area contributed by atoms with Crippen LogP contribution in [-0.4, -0.2) is 41.8 Å². The third-order valence-corrected chi connectivity index (χ3v) is 6.41. The Bertz CT molecular complexity index is 1010. The lowest BCUT2D eigenvalue weighted by Crippen LogP contribution is -2.45. The molecule has 7 heteroatoms. The fraction of sp³-hybridized carbons (Fsp3) is 0.464. The standard InChI is InChI=1S/C28H36N2O5/c1-5-18(16-25(31)30-24(26(32)33)14-15-28(2,3)4)29-27(34)35-17-23-21-12-8-6-10-19(21)20-11-7-9-13-22(20)23/h6-13,18,23-24H,5,14-17H2,1-4H3,(H,29,34)(H,30,31)(H,32,33)/t18-,24?/m1/s1. The summed E-state index contributed by atoms with van der Waals surface area (Å²) in [5.74, 6) is -1.51. The quantitative estimate of drug-likeness (QED) is 0.439. The summed E-state index contributed by atoms with van der Waals surface area (Å²) in [5, 5.41) is 14.8. The van der Waals surface area contributed by atoms with Crippen LogP contribution in [-0.2, 0) is 14.3 Å². The van der Waals surface area contributed by atoms with Crippen molar-refractivity contribution >= 4 is 18.0 Å². The molecule has 0 fully saturated rings. The number of aliphatic carboxylic acids is 1. The second kappa shape index (κ2) is 11.4. The third kappa shape index (κ3) is 7.07. The van der Waals surface area contributed by atoms with Gasteiger partial charge in [0.1, 0.15) is 12.6 Å². The number of carbonyl (C=O) groups is 3. The first-order valence-electron chi connectivity index (χ1n) is 12.2. The van der Waals surface area contributed by atoms with Crippen LogP contribution in [0.1, 0.15) is 70.4 Å². The van der Waals surface area contributed by atoms with E-state index in [4.69, 9.17) is 4.74 Å². The minimum Gasteiger partial charge on any atom is -0.480 e. The van der Waals surface area contributed by atoms with Gasteiger partial charge in [-0.1, -0.05) is 76.2 Å². The average Bonchev–Trinajstić information content (AvgIpc) is 3.13. The number of ether oxygens (including phenoxy) is 1. The number of hydrogen-bond acceptors (Lipinski definition) is 4. The number of carbonyl (C=O) groups excluding carboxylic acids is 2. The van der Waals surface area contributed by atoms with E-state index in [0.29, 0.717) is 19.3 Å². The Labute approximate surface area is 207 Å². The number of alkyl carbamates (subject to hydrolysis) is 1. The lowest BCUT2D eigenvalue weighted by Gasteiger charge is -2.23. The highest BCUT2D eigenvalue weighted by Crippen LogP contribution is 2.44. The highest BCUT2D eigenvalue weighted by molar-refractivity contribution is 5.84. The summed E-state index contributed by atoms with van der Waals surface area (Å²) < 4.78 is 5.57. The van der Waals surface area contributed by atoms with Gasteiger partial charge in [0.05, 0.1) is 0 Å². The Hall–Kier alpha value is -3.35. The Balaban J connectivity index is 1.53.